The molecule has 0 atom stereocenters. The first kappa shape index (κ1) is 14.8. The monoisotopic (exact) mass is 311 g/mol. The van der Waals surface area contributed by atoms with E-state index >= 15 is 0 Å². The predicted molar refractivity (Wildman–Crippen MR) is 87.7 cm³/mol. The van der Waals surface area contributed by atoms with Gasteiger partial charge in [0, 0.05) is 18.7 Å². The zero-order valence-electron chi connectivity index (χ0n) is 12.2. The van der Waals surface area contributed by atoms with Crippen molar-refractivity contribution >= 4 is 24.4 Å². The molecule has 3 rings (SSSR count). The third-order valence-corrected chi connectivity index (χ3v) is 6.82. The highest BCUT2D eigenvalue weighted by atomic mass is 32.2. The Morgan fingerprint density at radius 2 is 1.85 bits per heavy atom. The van der Waals surface area contributed by atoms with Gasteiger partial charge in [-0.15, -0.1) is 10.2 Å². The van der Waals surface area contributed by atoms with E-state index < -0.39 is 0 Å². The van der Waals surface area contributed by atoms with Crippen LogP contribution in [0, 0.1) is 5.41 Å². The van der Waals surface area contributed by atoms with Gasteiger partial charge in [0.15, 0.2) is 5.16 Å². The molecule has 1 aromatic rings. The van der Waals surface area contributed by atoms with Gasteiger partial charge in [0.2, 0.25) is 0 Å². The zero-order chi connectivity index (χ0) is 13.8. The molecule has 20 heavy (non-hydrogen) atoms. The summed E-state index contributed by atoms with van der Waals surface area (Å²) in [5.41, 5.74) is 0.434. The van der Waals surface area contributed by atoms with Crippen LogP contribution in [0.2, 0.25) is 0 Å². The minimum atomic E-state index is 0.434. The second-order valence-electron chi connectivity index (χ2n) is 6.37. The molecule has 0 aromatic carbocycles. The lowest BCUT2D eigenvalue weighted by atomic mass is 9.77. The first-order valence-electron chi connectivity index (χ1n) is 7.99. The Balaban J connectivity index is 1.67. The fourth-order valence-corrected chi connectivity index (χ4v) is 5.29. The largest absolute Gasteiger partial charge is 0.306 e. The van der Waals surface area contributed by atoms with Gasteiger partial charge in [-0.3, -0.25) is 0 Å². The molecule has 2 heterocycles. The maximum Gasteiger partial charge on any atom is 0.191 e. The fraction of sp³-hybridized carbons (Fsp3) is 0.867. The second-order valence-corrected chi connectivity index (χ2v) is 7.63. The van der Waals surface area contributed by atoms with Crippen molar-refractivity contribution in [3.8, 4) is 0 Å². The van der Waals surface area contributed by atoms with Gasteiger partial charge in [0.25, 0.3) is 0 Å². The summed E-state index contributed by atoms with van der Waals surface area (Å²) < 4.78 is 2.37. The maximum atomic E-state index is 4.64. The van der Waals surface area contributed by atoms with Crippen LogP contribution in [-0.4, -0.2) is 26.3 Å². The van der Waals surface area contributed by atoms with Crippen molar-refractivity contribution < 1.29 is 0 Å². The number of hydrogen-bond donors (Lipinski definition) is 1. The Hall–Kier alpha value is -0.160. The molecule has 1 aliphatic carbocycles. The Morgan fingerprint density at radius 1 is 1.05 bits per heavy atom. The molecule has 1 saturated carbocycles. The Labute approximate surface area is 131 Å². The number of fused-ring (bicyclic) bond motifs is 1. The smallest absolute Gasteiger partial charge is 0.191 e. The number of hydrogen-bond acceptors (Lipinski definition) is 4. The second kappa shape index (κ2) is 6.73. The molecular formula is C15H25N3S2. The van der Waals surface area contributed by atoms with E-state index in [0.29, 0.717) is 5.41 Å². The predicted octanol–water partition coefficient (Wildman–Crippen LogP) is 3.98. The van der Waals surface area contributed by atoms with Crippen molar-refractivity contribution in [1.82, 2.24) is 14.8 Å². The highest BCUT2D eigenvalue weighted by Gasteiger charge is 2.31. The summed E-state index contributed by atoms with van der Waals surface area (Å²) in [6.07, 6.45) is 11.8. The van der Waals surface area contributed by atoms with Crippen LogP contribution in [-0.2, 0) is 13.0 Å². The van der Waals surface area contributed by atoms with E-state index in [-0.39, 0.29) is 0 Å². The van der Waals surface area contributed by atoms with Gasteiger partial charge in [0.05, 0.1) is 0 Å². The lowest BCUT2D eigenvalue weighted by molar-refractivity contribution is 0.258. The summed E-state index contributed by atoms with van der Waals surface area (Å²) in [6, 6.07) is 0. The maximum absolute atomic E-state index is 4.64. The van der Waals surface area contributed by atoms with E-state index in [1.807, 2.05) is 11.8 Å². The first-order chi connectivity index (χ1) is 9.83. The summed E-state index contributed by atoms with van der Waals surface area (Å²) in [4.78, 5) is 0. The SMILES string of the molecule is SCC1(CSc2nnc3n2CCCCC3)CCCCC1. The molecule has 112 valence electrons. The number of thioether (sulfide) groups is 1. The molecule has 0 bridgehead atoms. The van der Waals surface area contributed by atoms with Crippen molar-refractivity contribution in [2.45, 2.75) is 69.5 Å². The van der Waals surface area contributed by atoms with E-state index in [9.17, 15) is 0 Å². The van der Waals surface area contributed by atoms with Crippen molar-refractivity contribution in [1.29, 1.82) is 0 Å². The molecule has 1 fully saturated rings. The molecule has 1 aromatic heterocycles. The van der Waals surface area contributed by atoms with Crippen molar-refractivity contribution in [2.75, 3.05) is 11.5 Å². The minimum Gasteiger partial charge on any atom is -0.306 e. The molecule has 5 heteroatoms. The number of thiol groups is 1. The Kier molecular flexibility index (Phi) is 4.97. The van der Waals surface area contributed by atoms with Crippen LogP contribution in [0.25, 0.3) is 0 Å². The molecule has 2 aliphatic rings. The standard InChI is InChI=1S/C15H25N3S2/c19-11-15(8-4-2-5-9-15)12-20-14-17-16-13-7-3-1-6-10-18(13)14/h19H,1-12H2. The highest BCUT2D eigenvalue weighted by molar-refractivity contribution is 7.99. The van der Waals surface area contributed by atoms with Gasteiger partial charge < -0.3 is 4.57 Å². The minimum absolute atomic E-state index is 0.434. The molecule has 0 amide bonds. The van der Waals surface area contributed by atoms with Gasteiger partial charge >= 0.3 is 0 Å². The van der Waals surface area contributed by atoms with Crippen molar-refractivity contribution in [3.05, 3.63) is 5.82 Å². The number of aryl methyl sites for hydroxylation is 1. The Bertz CT molecular complexity index is 438. The number of aromatic nitrogens is 3. The average molecular weight is 312 g/mol. The van der Waals surface area contributed by atoms with Gasteiger partial charge in [-0.1, -0.05) is 37.4 Å². The average Bonchev–Trinajstić information content (AvgIpc) is 2.73. The zero-order valence-corrected chi connectivity index (χ0v) is 13.9. The van der Waals surface area contributed by atoms with Crippen LogP contribution in [0.3, 0.4) is 0 Å². The third kappa shape index (κ3) is 3.19. The van der Waals surface area contributed by atoms with E-state index in [0.717, 1.165) is 29.6 Å². The molecule has 1 aliphatic heterocycles. The topological polar surface area (TPSA) is 30.7 Å². The summed E-state index contributed by atoms with van der Waals surface area (Å²) >= 11 is 6.56. The summed E-state index contributed by atoms with van der Waals surface area (Å²) in [5.74, 6) is 3.38. The quantitative estimate of drug-likeness (QED) is 0.674. The van der Waals surface area contributed by atoms with E-state index in [1.54, 1.807) is 0 Å². The summed E-state index contributed by atoms with van der Waals surface area (Å²) in [7, 11) is 0. The van der Waals surface area contributed by atoms with Gasteiger partial charge in [-0.25, -0.2) is 0 Å². The van der Waals surface area contributed by atoms with Crippen LogP contribution in [0.5, 0.6) is 0 Å². The molecular weight excluding hydrogens is 286 g/mol. The summed E-state index contributed by atoms with van der Waals surface area (Å²) in [6.45, 7) is 1.11. The van der Waals surface area contributed by atoms with Gasteiger partial charge in [-0.2, -0.15) is 12.6 Å². The third-order valence-electron chi connectivity index (χ3n) is 4.83. The Morgan fingerprint density at radius 3 is 2.65 bits per heavy atom. The van der Waals surface area contributed by atoms with Gasteiger partial charge in [0.1, 0.15) is 5.82 Å². The van der Waals surface area contributed by atoms with Crippen LogP contribution in [0.15, 0.2) is 5.16 Å². The van der Waals surface area contributed by atoms with Crippen LogP contribution in [0.4, 0.5) is 0 Å². The highest BCUT2D eigenvalue weighted by Crippen LogP contribution is 2.41. The number of rotatable bonds is 4. The molecule has 0 spiro atoms. The first-order valence-corrected chi connectivity index (χ1v) is 9.61. The van der Waals surface area contributed by atoms with Crippen molar-refractivity contribution in [3.63, 3.8) is 0 Å². The lowest BCUT2D eigenvalue weighted by Crippen LogP contribution is -2.29. The van der Waals surface area contributed by atoms with E-state index in [1.165, 1.54) is 57.2 Å². The molecule has 0 unspecified atom stereocenters. The lowest BCUT2D eigenvalue weighted by Gasteiger charge is -2.35. The van der Waals surface area contributed by atoms with Crippen LogP contribution < -0.4 is 0 Å². The van der Waals surface area contributed by atoms with Crippen LogP contribution in [0.1, 0.15) is 57.2 Å². The van der Waals surface area contributed by atoms with E-state index in [2.05, 4.69) is 27.4 Å². The number of nitrogens with zero attached hydrogens (tertiary/aromatic N) is 3. The normalized spacial score (nSPS) is 22.2. The van der Waals surface area contributed by atoms with E-state index in [4.69, 9.17) is 0 Å². The molecule has 3 nitrogen and oxygen atoms in total. The molecule has 0 N–H and O–H groups in total. The van der Waals surface area contributed by atoms with Gasteiger partial charge in [-0.05, 0) is 36.9 Å². The van der Waals surface area contributed by atoms with Crippen molar-refractivity contribution in [2.24, 2.45) is 5.41 Å². The van der Waals surface area contributed by atoms with Crippen LogP contribution >= 0.6 is 24.4 Å². The fourth-order valence-electron chi connectivity index (χ4n) is 3.43. The molecule has 0 saturated heterocycles. The molecule has 0 radical (unpaired) electrons. The summed E-state index contributed by atoms with van der Waals surface area (Å²) in [5, 5.41) is 9.99.